The van der Waals surface area contributed by atoms with E-state index >= 15 is 0 Å². The van der Waals surface area contributed by atoms with Gasteiger partial charge in [-0.3, -0.25) is 4.40 Å². The molecule has 0 aliphatic rings. The maximum atomic E-state index is 5.23. The Morgan fingerprint density at radius 2 is 2.60 bits per heavy atom. The van der Waals surface area contributed by atoms with E-state index in [9.17, 15) is 0 Å². The summed E-state index contributed by atoms with van der Waals surface area (Å²) in [5, 5.41) is 1.94. The van der Waals surface area contributed by atoms with Crippen LogP contribution in [-0.2, 0) is 0 Å². The minimum absolute atomic E-state index is 0.873. The second-order valence-corrected chi connectivity index (χ2v) is 2.76. The summed E-state index contributed by atoms with van der Waals surface area (Å²) in [5.74, 6) is 2.57. The van der Waals surface area contributed by atoms with Crippen molar-refractivity contribution in [3.63, 3.8) is 0 Å². The summed E-state index contributed by atoms with van der Waals surface area (Å²) >= 11 is 1.60. The van der Waals surface area contributed by atoms with Crippen molar-refractivity contribution in [2.75, 3.05) is 0 Å². The molecular formula is C7H4N2S. The smallest absolute Gasteiger partial charge is 0.120 e. The van der Waals surface area contributed by atoms with Crippen molar-refractivity contribution >= 4 is 16.2 Å². The van der Waals surface area contributed by atoms with Crippen LogP contribution in [0.2, 0.25) is 0 Å². The maximum Gasteiger partial charge on any atom is 0.120 e. The highest BCUT2D eigenvalue weighted by Crippen LogP contribution is 2.13. The zero-order valence-electron chi connectivity index (χ0n) is 5.11. The number of nitrogens with zero attached hydrogens (tertiary/aromatic N) is 2. The van der Waals surface area contributed by atoms with Crippen molar-refractivity contribution in [1.82, 2.24) is 9.38 Å². The maximum absolute atomic E-state index is 5.23. The van der Waals surface area contributed by atoms with Gasteiger partial charge >= 0.3 is 0 Å². The number of fused-ring (bicyclic) bond motifs is 1. The van der Waals surface area contributed by atoms with Gasteiger partial charge in [0.25, 0.3) is 0 Å². The monoisotopic (exact) mass is 148 g/mol. The highest BCUT2D eigenvalue weighted by molar-refractivity contribution is 7.15. The Bertz CT molecular complexity index is 391. The number of aromatic nitrogens is 2. The lowest BCUT2D eigenvalue weighted by Gasteiger charge is -1.81. The summed E-state index contributed by atoms with van der Waals surface area (Å²) in [6, 6.07) is 0. The minimum atomic E-state index is 0.873. The number of hydrogen-bond donors (Lipinski definition) is 0. The molecule has 0 fully saturated rings. The molecule has 0 radical (unpaired) electrons. The number of rotatable bonds is 0. The van der Waals surface area contributed by atoms with Gasteiger partial charge in [0.05, 0.1) is 6.20 Å². The lowest BCUT2D eigenvalue weighted by Crippen LogP contribution is -1.79. The molecule has 3 heteroatoms. The topological polar surface area (TPSA) is 17.3 Å². The van der Waals surface area contributed by atoms with Crippen molar-refractivity contribution < 1.29 is 0 Å². The van der Waals surface area contributed by atoms with Crippen LogP contribution in [0.15, 0.2) is 17.9 Å². The Morgan fingerprint density at radius 3 is 3.40 bits per heavy atom. The molecule has 0 atom stereocenters. The zero-order chi connectivity index (χ0) is 6.97. The first-order chi connectivity index (χ1) is 4.92. The van der Waals surface area contributed by atoms with Crippen LogP contribution in [0.4, 0.5) is 0 Å². The van der Waals surface area contributed by atoms with Gasteiger partial charge in [0.1, 0.15) is 16.9 Å². The predicted octanol–water partition coefficient (Wildman–Crippen LogP) is 1.38. The molecule has 2 nitrogen and oxygen atoms in total. The van der Waals surface area contributed by atoms with Crippen LogP contribution in [-0.4, -0.2) is 9.38 Å². The van der Waals surface area contributed by atoms with Crippen LogP contribution >= 0.6 is 11.3 Å². The number of imidazole rings is 1. The molecular weight excluding hydrogens is 144 g/mol. The Morgan fingerprint density at radius 1 is 1.70 bits per heavy atom. The number of hydrogen-bond acceptors (Lipinski definition) is 2. The SMILES string of the molecule is C#Cc1csc2cncn12. The third kappa shape index (κ3) is 0.568. The summed E-state index contributed by atoms with van der Waals surface area (Å²) in [5.41, 5.74) is 0.873. The van der Waals surface area contributed by atoms with Crippen LogP contribution in [0.25, 0.3) is 4.83 Å². The highest BCUT2D eigenvalue weighted by Gasteiger charge is 1.97. The molecule has 10 heavy (non-hydrogen) atoms. The third-order valence-electron chi connectivity index (χ3n) is 1.30. The van der Waals surface area contributed by atoms with E-state index in [1.165, 1.54) is 0 Å². The van der Waals surface area contributed by atoms with Crippen LogP contribution in [0, 0.1) is 12.3 Å². The minimum Gasteiger partial charge on any atom is -0.282 e. The van der Waals surface area contributed by atoms with Gasteiger partial charge in [-0.25, -0.2) is 4.98 Å². The molecule has 0 aliphatic heterocycles. The first kappa shape index (κ1) is 5.51. The highest BCUT2D eigenvalue weighted by atomic mass is 32.1. The van der Waals surface area contributed by atoms with Gasteiger partial charge in [0.2, 0.25) is 0 Å². The summed E-state index contributed by atoms with van der Waals surface area (Å²) in [6.07, 6.45) is 8.75. The van der Waals surface area contributed by atoms with E-state index in [2.05, 4.69) is 10.9 Å². The molecule has 2 rings (SSSR count). The van der Waals surface area contributed by atoms with E-state index in [0.29, 0.717) is 0 Å². The van der Waals surface area contributed by atoms with Gasteiger partial charge in [-0.05, 0) is 0 Å². The zero-order valence-corrected chi connectivity index (χ0v) is 5.93. The first-order valence-electron chi connectivity index (χ1n) is 2.78. The van der Waals surface area contributed by atoms with E-state index in [-0.39, 0.29) is 0 Å². The molecule has 0 aliphatic carbocycles. The van der Waals surface area contributed by atoms with Crippen LogP contribution in [0.3, 0.4) is 0 Å². The van der Waals surface area contributed by atoms with E-state index in [1.54, 1.807) is 23.9 Å². The van der Waals surface area contributed by atoms with Gasteiger partial charge in [-0.2, -0.15) is 0 Å². The van der Waals surface area contributed by atoms with Crippen molar-refractivity contribution in [2.24, 2.45) is 0 Å². The molecule has 0 aromatic carbocycles. The molecule has 0 bridgehead atoms. The second kappa shape index (κ2) is 1.86. The lowest BCUT2D eigenvalue weighted by atomic mass is 10.5. The van der Waals surface area contributed by atoms with Crippen molar-refractivity contribution in [1.29, 1.82) is 0 Å². The molecule has 0 spiro atoms. The summed E-state index contributed by atoms with van der Waals surface area (Å²) in [6.45, 7) is 0. The van der Waals surface area contributed by atoms with Crippen molar-refractivity contribution in [2.45, 2.75) is 0 Å². The average molecular weight is 148 g/mol. The third-order valence-corrected chi connectivity index (χ3v) is 2.19. The average Bonchev–Trinajstić information content (AvgIpc) is 2.44. The Hall–Kier alpha value is -1.27. The van der Waals surface area contributed by atoms with Gasteiger partial charge < -0.3 is 0 Å². The molecule has 2 aromatic heterocycles. The summed E-state index contributed by atoms with van der Waals surface area (Å²) in [4.78, 5) is 5.04. The summed E-state index contributed by atoms with van der Waals surface area (Å²) < 4.78 is 1.89. The summed E-state index contributed by atoms with van der Waals surface area (Å²) in [7, 11) is 0. The molecule has 48 valence electrons. The van der Waals surface area contributed by atoms with Gasteiger partial charge in [0, 0.05) is 5.38 Å². The standard InChI is InChI=1S/C7H4N2S/c1-2-6-4-10-7-3-8-5-9(6)7/h1,3-5H. The molecule has 0 amide bonds. The fourth-order valence-electron chi connectivity index (χ4n) is 0.828. The molecule has 2 aromatic rings. The van der Waals surface area contributed by atoms with E-state index in [4.69, 9.17) is 6.42 Å². The van der Waals surface area contributed by atoms with E-state index in [0.717, 1.165) is 10.5 Å². The largest absolute Gasteiger partial charge is 0.282 e. The lowest BCUT2D eigenvalue weighted by molar-refractivity contribution is 1.15. The molecule has 2 heterocycles. The fraction of sp³-hybridized carbons (Fsp3) is 0. The van der Waals surface area contributed by atoms with Crippen LogP contribution in [0.5, 0.6) is 0 Å². The normalized spacial score (nSPS) is 9.90. The van der Waals surface area contributed by atoms with Gasteiger partial charge in [-0.15, -0.1) is 17.8 Å². The molecule has 0 saturated carbocycles. The van der Waals surface area contributed by atoms with E-state index < -0.39 is 0 Å². The number of terminal acetylenes is 1. The fourth-order valence-corrected chi connectivity index (χ4v) is 1.62. The Labute approximate surface area is 62.1 Å². The van der Waals surface area contributed by atoms with Crippen molar-refractivity contribution in [3.8, 4) is 12.3 Å². The van der Waals surface area contributed by atoms with E-state index in [1.807, 2.05) is 9.78 Å². The molecule has 0 saturated heterocycles. The van der Waals surface area contributed by atoms with Crippen LogP contribution in [0.1, 0.15) is 5.69 Å². The van der Waals surface area contributed by atoms with Crippen molar-refractivity contribution in [3.05, 3.63) is 23.6 Å². The Kier molecular flexibility index (Phi) is 1.02. The second-order valence-electron chi connectivity index (χ2n) is 1.87. The molecule has 0 N–H and O–H groups in total. The van der Waals surface area contributed by atoms with Crippen LogP contribution < -0.4 is 0 Å². The quantitative estimate of drug-likeness (QED) is 0.516. The predicted molar refractivity (Wildman–Crippen MR) is 41.0 cm³/mol. The van der Waals surface area contributed by atoms with Gasteiger partial charge in [-0.1, -0.05) is 5.92 Å². The Balaban J connectivity index is 2.92. The number of thiazole rings is 1. The van der Waals surface area contributed by atoms with Gasteiger partial charge in [0.15, 0.2) is 0 Å². The molecule has 0 unspecified atom stereocenters. The first-order valence-corrected chi connectivity index (χ1v) is 3.66.